The Hall–Kier alpha value is -0.310. The Labute approximate surface area is 117 Å². The molecule has 0 radical (unpaired) electrons. The van der Waals surface area contributed by atoms with Crippen molar-refractivity contribution in [1.82, 2.24) is 0 Å². The lowest BCUT2D eigenvalue weighted by Crippen LogP contribution is -1.98. The van der Waals surface area contributed by atoms with Gasteiger partial charge in [0.15, 0.2) is 0 Å². The molecule has 3 heteroatoms. The number of aliphatic hydroxyl groups excluding tert-OH is 1. The molecule has 1 nitrogen and oxygen atoms in total. The summed E-state index contributed by atoms with van der Waals surface area (Å²) in [5, 5.41) is 10.7. The van der Waals surface area contributed by atoms with E-state index in [2.05, 4.69) is 22.5 Å². The Morgan fingerprint density at radius 2 is 2.12 bits per heavy atom. The summed E-state index contributed by atoms with van der Waals surface area (Å²) in [5.41, 5.74) is 0.876. The Balaban J connectivity index is 2.43. The highest BCUT2D eigenvalue weighted by Gasteiger charge is 2.11. The molecule has 0 aromatic heterocycles. The molecule has 0 fully saturated rings. The van der Waals surface area contributed by atoms with E-state index in [0.29, 0.717) is 5.02 Å². The topological polar surface area (TPSA) is 20.2 Å². The van der Waals surface area contributed by atoms with Gasteiger partial charge in [0, 0.05) is 9.50 Å². The predicted molar refractivity (Wildman–Crippen MR) is 77.4 cm³/mol. The maximum Gasteiger partial charge on any atom is 0.0801 e. The van der Waals surface area contributed by atoms with Gasteiger partial charge in [-0.2, -0.15) is 0 Å². The molecule has 1 rings (SSSR count). The lowest BCUT2D eigenvalue weighted by Gasteiger charge is -2.13. The average molecular weight is 318 g/mol. The highest BCUT2D eigenvalue weighted by atomic mass is 79.9. The molecule has 0 amide bonds. The quantitative estimate of drug-likeness (QED) is 0.536. The normalized spacial score (nSPS) is 12.4. The smallest absolute Gasteiger partial charge is 0.0801 e. The van der Waals surface area contributed by atoms with Crippen LogP contribution in [-0.4, -0.2) is 5.11 Å². The van der Waals surface area contributed by atoms with Gasteiger partial charge in [-0.25, -0.2) is 0 Å². The number of halogens is 2. The standard InChI is InChI=1S/C14H18BrClO/c1-2-3-4-5-6-7-14(17)12-10-11(16)8-9-13(12)15/h2,8-10,14,17H,1,3-7H2. The van der Waals surface area contributed by atoms with E-state index in [9.17, 15) is 5.11 Å². The lowest BCUT2D eigenvalue weighted by molar-refractivity contribution is 0.162. The first-order chi connectivity index (χ1) is 8.15. The fourth-order valence-electron chi connectivity index (χ4n) is 1.73. The summed E-state index contributed by atoms with van der Waals surface area (Å²) in [4.78, 5) is 0. The summed E-state index contributed by atoms with van der Waals surface area (Å²) in [5.74, 6) is 0. The van der Waals surface area contributed by atoms with Crippen molar-refractivity contribution in [3.8, 4) is 0 Å². The summed E-state index contributed by atoms with van der Waals surface area (Å²) in [6, 6.07) is 5.50. The molecular formula is C14H18BrClO. The zero-order chi connectivity index (χ0) is 12.7. The van der Waals surface area contributed by atoms with Crippen molar-refractivity contribution in [1.29, 1.82) is 0 Å². The third kappa shape index (κ3) is 5.24. The van der Waals surface area contributed by atoms with Gasteiger partial charge < -0.3 is 5.11 Å². The van der Waals surface area contributed by atoms with E-state index < -0.39 is 6.10 Å². The van der Waals surface area contributed by atoms with E-state index in [4.69, 9.17) is 11.6 Å². The summed E-state index contributed by atoms with van der Waals surface area (Å²) in [7, 11) is 0. The van der Waals surface area contributed by atoms with E-state index >= 15 is 0 Å². The number of hydrogen-bond donors (Lipinski definition) is 1. The molecule has 0 aliphatic rings. The summed E-state index contributed by atoms with van der Waals surface area (Å²) < 4.78 is 0.917. The minimum absolute atomic E-state index is 0.438. The third-order valence-corrected chi connectivity index (χ3v) is 3.66. The van der Waals surface area contributed by atoms with Crippen LogP contribution in [-0.2, 0) is 0 Å². The van der Waals surface area contributed by atoms with Gasteiger partial charge in [-0.1, -0.05) is 46.4 Å². The van der Waals surface area contributed by atoms with E-state index in [0.717, 1.165) is 42.1 Å². The Morgan fingerprint density at radius 3 is 2.82 bits per heavy atom. The number of benzene rings is 1. The highest BCUT2D eigenvalue weighted by Crippen LogP contribution is 2.29. The first kappa shape index (κ1) is 14.7. The second-order valence-electron chi connectivity index (χ2n) is 4.11. The number of aliphatic hydroxyl groups is 1. The number of allylic oxidation sites excluding steroid dienone is 1. The Kier molecular flexibility index (Phi) is 6.86. The fraction of sp³-hybridized carbons (Fsp3) is 0.429. The molecule has 17 heavy (non-hydrogen) atoms. The lowest BCUT2D eigenvalue weighted by atomic mass is 10.0. The van der Waals surface area contributed by atoms with Gasteiger partial charge >= 0.3 is 0 Å². The van der Waals surface area contributed by atoms with E-state index in [-0.39, 0.29) is 0 Å². The zero-order valence-electron chi connectivity index (χ0n) is 9.83. The van der Waals surface area contributed by atoms with E-state index in [1.54, 1.807) is 0 Å². The van der Waals surface area contributed by atoms with Gasteiger partial charge in [0.25, 0.3) is 0 Å². The number of rotatable bonds is 7. The molecule has 0 saturated carbocycles. The van der Waals surface area contributed by atoms with Gasteiger partial charge in [0.05, 0.1) is 6.10 Å². The molecule has 0 aliphatic heterocycles. The average Bonchev–Trinajstić information content (AvgIpc) is 2.32. The van der Waals surface area contributed by atoms with Gasteiger partial charge in [-0.3, -0.25) is 0 Å². The molecule has 1 N–H and O–H groups in total. The fourth-order valence-corrected chi connectivity index (χ4v) is 2.42. The molecule has 0 aliphatic carbocycles. The van der Waals surface area contributed by atoms with Gasteiger partial charge in [-0.15, -0.1) is 6.58 Å². The first-order valence-corrected chi connectivity index (χ1v) is 7.06. The molecule has 1 atom stereocenters. The Morgan fingerprint density at radius 1 is 1.35 bits per heavy atom. The van der Waals surface area contributed by atoms with Crippen LogP contribution in [0.1, 0.15) is 43.8 Å². The molecule has 1 aromatic rings. The van der Waals surface area contributed by atoms with Crippen LogP contribution < -0.4 is 0 Å². The van der Waals surface area contributed by atoms with Crippen LogP contribution >= 0.6 is 27.5 Å². The third-order valence-electron chi connectivity index (χ3n) is 2.70. The second-order valence-corrected chi connectivity index (χ2v) is 5.40. The van der Waals surface area contributed by atoms with Crippen LogP contribution in [0.25, 0.3) is 0 Å². The van der Waals surface area contributed by atoms with Gasteiger partial charge in [0.1, 0.15) is 0 Å². The summed E-state index contributed by atoms with van der Waals surface area (Å²) in [6.07, 6.45) is 6.62. The monoisotopic (exact) mass is 316 g/mol. The van der Waals surface area contributed by atoms with Crippen LogP contribution in [0.4, 0.5) is 0 Å². The van der Waals surface area contributed by atoms with Crippen molar-refractivity contribution in [2.75, 3.05) is 0 Å². The first-order valence-electron chi connectivity index (χ1n) is 5.89. The van der Waals surface area contributed by atoms with E-state index in [1.165, 1.54) is 0 Å². The van der Waals surface area contributed by atoms with Crippen molar-refractivity contribution >= 4 is 27.5 Å². The number of hydrogen-bond acceptors (Lipinski definition) is 1. The SMILES string of the molecule is C=CCCCCCC(O)c1cc(Cl)ccc1Br. The van der Waals surface area contributed by atoms with Crippen LogP contribution in [0.2, 0.25) is 5.02 Å². The van der Waals surface area contributed by atoms with Crippen LogP contribution in [0.3, 0.4) is 0 Å². The van der Waals surface area contributed by atoms with Crippen LogP contribution in [0.5, 0.6) is 0 Å². The Bertz CT molecular complexity index is 365. The second kappa shape index (κ2) is 7.91. The molecule has 94 valence electrons. The molecule has 0 bridgehead atoms. The molecule has 0 heterocycles. The molecular weight excluding hydrogens is 300 g/mol. The largest absolute Gasteiger partial charge is 0.388 e. The molecule has 0 saturated heterocycles. The molecule has 0 spiro atoms. The highest BCUT2D eigenvalue weighted by molar-refractivity contribution is 9.10. The van der Waals surface area contributed by atoms with E-state index in [1.807, 2.05) is 24.3 Å². The summed E-state index contributed by atoms with van der Waals surface area (Å²) >= 11 is 9.35. The minimum atomic E-state index is -0.438. The summed E-state index contributed by atoms with van der Waals surface area (Å²) in [6.45, 7) is 3.69. The molecule has 1 aromatic carbocycles. The maximum atomic E-state index is 10.1. The number of unbranched alkanes of at least 4 members (excludes halogenated alkanes) is 3. The van der Waals surface area contributed by atoms with Crippen molar-refractivity contribution in [2.45, 2.75) is 38.2 Å². The zero-order valence-corrected chi connectivity index (χ0v) is 12.2. The molecule has 1 unspecified atom stereocenters. The van der Waals surface area contributed by atoms with Crippen molar-refractivity contribution in [2.24, 2.45) is 0 Å². The maximum absolute atomic E-state index is 10.1. The van der Waals surface area contributed by atoms with Gasteiger partial charge in [-0.05, 0) is 43.0 Å². The van der Waals surface area contributed by atoms with Crippen LogP contribution in [0.15, 0.2) is 35.3 Å². The van der Waals surface area contributed by atoms with Crippen molar-refractivity contribution in [3.05, 3.63) is 45.9 Å². The van der Waals surface area contributed by atoms with Gasteiger partial charge in [0.2, 0.25) is 0 Å². The van der Waals surface area contributed by atoms with Crippen LogP contribution in [0, 0.1) is 0 Å². The predicted octanol–water partition coefficient (Wildman–Crippen LogP) is 5.27. The minimum Gasteiger partial charge on any atom is -0.388 e. The van der Waals surface area contributed by atoms with Crippen molar-refractivity contribution < 1.29 is 5.11 Å². The van der Waals surface area contributed by atoms with Crippen molar-refractivity contribution in [3.63, 3.8) is 0 Å².